The van der Waals surface area contributed by atoms with Crippen molar-refractivity contribution in [1.29, 1.82) is 0 Å². The number of fused-ring (bicyclic) bond motifs is 5. The van der Waals surface area contributed by atoms with E-state index in [1.54, 1.807) is 0 Å². The number of aliphatic hydroxyl groups is 1. The molecule has 1 fully saturated rings. The standard InChI is InChI=1S/C41H60B2O4/c1-8-10-12-14-22-41(23-15-13-11-9-2)37-27-32(42(7)45-25-24-39(3,4)28-44)17-21-35(37)36-19-16-31-26-33(18-20-34(31)38(36)41)43-46-29-40(5,6)30-47-43/h16-21,26-27,44H,8-15,22-25,28-30H2,1-7H3. The van der Waals surface area contributed by atoms with Gasteiger partial charge in [0.25, 0.3) is 0 Å². The van der Waals surface area contributed by atoms with Crippen LogP contribution in [0.15, 0.2) is 48.5 Å². The van der Waals surface area contributed by atoms with E-state index >= 15 is 0 Å². The molecule has 0 aromatic heterocycles. The van der Waals surface area contributed by atoms with Crippen molar-refractivity contribution in [3.63, 3.8) is 0 Å². The second kappa shape index (κ2) is 15.6. The van der Waals surface area contributed by atoms with Gasteiger partial charge in [-0.3, -0.25) is 0 Å². The molecule has 1 heterocycles. The fraction of sp³-hybridized carbons (Fsp3) is 0.610. The van der Waals surface area contributed by atoms with Crippen LogP contribution in [0, 0.1) is 10.8 Å². The van der Waals surface area contributed by atoms with Crippen LogP contribution in [0.25, 0.3) is 21.9 Å². The summed E-state index contributed by atoms with van der Waals surface area (Å²) in [5.41, 5.74) is 8.10. The number of unbranched alkanes of at least 4 members (excludes halogenated alkanes) is 6. The first-order valence-electron chi connectivity index (χ1n) is 18.7. The van der Waals surface area contributed by atoms with Gasteiger partial charge in [0.2, 0.25) is 0 Å². The molecule has 47 heavy (non-hydrogen) atoms. The van der Waals surface area contributed by atoms with Crippen molar-refractivity contribution < 1.29 is 19.1 Å². The molecule has 3 aromatic rings. The molecule has 0 unspecified atom stereocenters. The van der Waals surface area contributed by atoms with E-state index in [0.717, 1.165) is 11.9 Å². The molecular weight excluding hydrogens is 578 g/mol. The van der Waals surface area contributed by atoms with E-state index in [9.17, 15) is 5.11 Å². The average molecular weight is 639 g/mol. The number of hydrogen-bond acceptors (Lipinski definition) is 4. The molecule has 1 N–H and O–H groups in total. The molecule has 0 saturated carbocycles. The van der Waals surface area contributed by atoms with Gasteiger partial charge in [-0.25, -0.2) is 0 Å². The van der Waals surface area contributed by atoms with Gasteiger partial charge in [-0.1, -0.05) is 148 Å². The Hall–Kier alpha value is -2.11. The van der Waals surface area contributed by atoms with Gasteiger partial charge in [0.1, 0.15) is 0 Å². The van der Waals surface area contributed by atoms with Gasteiger partial charge in [0, 0.05) is 37.3 Å². The van der Waals surface area contributed by atoms with Gasteiger partial charge in [-0.2, -0.15) is 0 Å². The van der Waals surface area contributed by atoms with Crippen LogP contribution < -0.4 is 10.9 Å². The number of hydrogen-bond donors (Lipinski definition) is 1. The first-order chi connectivity index (χ1) is 22.5. The van der Waals surface area contributed by atoms with Crippen molar-refractivity contribution in [3.05, 3.63) is 59.7 Å². The molecule has 0 atom stereocenters. The lowest BCUT2D eigenvalue weighted by molar-refractivity contribution is 0.0343. The molecular formula is C41H60B2O4. The van der Waals surface area contributed by atoms with Gasteiger partial charge in [0.05, 0.1) is 0 Å². The van der Waals surface area contributed by atoms with Crippen molar-refractivity contribution >= 4 is 35.7 Å². The van der Waals surface area contributed by atoms with E-state index < -0.39 is 0 Å². The maximum absolute atomic E-state index is 9.74. The summed E-state index contributed by atoms with van der Waals surface area (Å²) in [5, 5.41) is 12.4. The maximum atomic E-state index is 9.74. The predicted molar refractivity (Wildman–Crippen MR) is 201 cm³/mol. The zero-order chi connectivity index (χ0) is 33.7. The Kier molecular flexibility index (Phi) is 12.0. The monoisotopic (exact) mass is 638 g/mol. The maximum Gasteiger partial charge on any atom is 0.493 e. The molecule has 3 aromatic carbocycles. The number of rotatable bonds is 17. The molecule has 0 amide bonds. The molecule has 5 rings (SSSR count). The van der Waals surface area contributed by atoms with E-state index in [1.807, 2.05) is 0 Å². The van der Waals surface area contributed by atoms with Crippen LogP contribution in [-0.4, -0.2) is 45.6 Å². The van der Waals surface area contributed by atoms with Crippen LogP contribution in [0.4, 0.5) is 0 Å². The molecule has 0 bridgehead atoms. The molecule has 4 nitrogen and oxygen atoms in total. The Morgan fingerprint density at radius 3 is 2.15 bits per heavy atom. The normalized spacial score (nSPS) is 16.8. The minimum Gasteiger partial charge on any atom is -0.431 e. The minimum atomic E-state index is -0.308. The van der Waals surface area contributed by atoms with Crippen molar-refractivity contribution in [2.45, 2.75) is 124 Å². The average Bonchev–Trinajstić information content (AvgIpc) is 3.34. The quantitative estimate of drug-likeness (QED) is 0.118. The largest absolute Gasteiger partial charge is 0.493 e. The first kappa shape index (κ1) is 36.2. The Morgan fingerprint density at radius 2 is 1.51 bits per heavy atom. The lowest BCUT2D eigenvalue weighted by Crippen LogP contribution is -2.47. The zero-order valence-electron chi connectivity index (χ0n) is 30.6. The van der Waals surface area contributed by atoms with Crippen LogP contribution >= 0.6 is 0 Å². The third kappa shape index (κ3) is 8.20. The third-order valence-corrected chi connectivity index (χ3v) is 10.9. The van der Waals surface area contributed by atoms with Gasteiger partial charge in [-0.05, 0) is 68.6 Å². The van der Waals surface area contributed by atoms with Gasteiger partial charge < -0.3 is 19.1 Å². The highest BCUT2D eigenvalue weighted by Gasteiger charge is 2.44. The second-order valence-corrected chi connectivity index (χ2v) is 16.2. The molecule has 6 heteroatoms. The topological polar surface area (TPSA) is 47.9 Å². The highest BCUT2D eigenvalue weighted by Crippen LogP contribution is 2.56. The molecule has 0 radical (unpaired) electrons. The van der Waals surface area contributed by atoms with Crippen molar-refractivity contribution in [3.8, 4) is 11.1 Å². The van der Waals surface area contributed by atoms with Gasteiger partial charge in [0.15, 0.2) is 0 Å². The van der Waals surface area contributed by atoms with E-state index in [2.05, 4.69) is 96.9 Å². The molecule has 2 aliphatic rings. The van der Waals surface area contributed by atoms with Crippen LogP contribution in [0.5, 0.6) is 0 Å². The summed E-state index contributed by atoms with van der Waals surface area (Å²) in [6.45, 7) is 17.6. The SMILES string of the molecule is CCCCCCC1(CCCCCC)c2cc(B(C)OCCC(C)(C)CO)ccc2-c2ccc3cc(B4OCC(C)(C)CO4)ccc3c21. The Labute approximate surface area is 286 Å². The number of aliphatic hydroxyl groups excluding tert-OH is 1. The molecule has 1 aliphatic heterocycles. The molecule has 1 saturated heterocycles. The lowest BCUT2D eigenvalue weighted by Gasteiger charge is -2.35. The first-order valence-corrected chi connectivity index (χ1v) is 18.7. The van der Waals surface area contributed by atoms with Gasteiger partial charge >= 0.3 is 14.0 Å². The van der Waals surface area contributed by atoms with E-state index in [0.29, 0.717) is 19.8 Å². The van der Waals surface area contributed by atoms with Crippen molar-refractivity contribution in [2.24, 2.45) is 10.8 Å². The fourth-order valence-corrected chi connectivity index (χ4v) is 7.74. The summed E-state index contributed by atoms with van der Waals surface area (Å²) in [5.74, 6) is 0. The Balaban J connectivity index is 1.56. The van der Waals surface area contributed by atoms with Crippen molar-refractivity contribution in [1.82, 2.24) is 0 Å². The summed E-state index contributed by atoms with van der Waals surface area (Å²) in [4.78, 5) is 0. The Bertz CT molecular complexity index is 1460. The summed E-state index contributed by atoms with van der Waals surface area (Å²) in [6, 6.07) is 18.8. The van der Waals surface area contributed by atoms with E-state index in [-0.39, 0.29) is 36.9 Å². The minimum absolute atomic E-state index is 0.00355. The van der Waals surface area contributed by atoms with Crippen LogP contribution in [-0.2, 0) is 19.4 Å². The highest BCUT2D eigenvalue weighted by molar-refractivity contribution is 6.66. The van der Waals surface area contributed by atoms with Crippen LogP contribution in [0.2, 0.25) is 6.82 Å². The molecule has 1 aliphatic carbocycles. The molecule has 254 valence electrons. The summed E-state index contributed by atoms with van der Waals surface area (Å²) in [6.07, 6.45) is 13.3. The predicted octanol–water partition coefficient (Wildman–Crippen LogP) is 9.07. The summed E-state index contributed by atoms with van der Waals surface area (Å²) < 4.78 is 18.8. The Morgan fingerprint density at radius 1 is 0.851 bits per heavy atom. The lowest BCUT2D eigenvalue weighted by atomic mass is 9.61. The van der Waals surface area contributed by atoms with Crippen LogP contribution in [0.1, 0.15) is 123 Å². The number of benzene rings is 3. The van der Waals surface area contributed by atoms with Crippen molar-refractivity contribution in [2.75, 3.05) is 26.4 Å². The zero-order valence-corrected chi connectivity index (χ0v) is 30.6. The highest BCUT2D eigenvalue weighted by atomic mass is 16.6. The second-order valence-electron chi connectivity index (χ2n) is 16.2. The molecule has 0 spiro atoms. The smallest absolute Gasteiger partial charge is 0.431 e. The fourth-order valence-electron chi connectivity index (χ4n) is 7.74. The van der Waals surface area contributed by atoms with Gasteiger partial charge in [-0.15, -0.1) is 0 Å². The van der Waals surface area contributed by atoms with E-state index in [1.165, 1.54) is 103 Å². The summed E-state index contributed by atoms with van der Waals surface area (Å²) >= 11 is 0. The summed E-state index contributed by atoms with van der Waals surface area (Å²) in [7, 11) is -0.308. The van der Waals surface area contributed by atoms with E-state index in [4.69, 9.17) is 14.0 Å². The van der Waals surface area contributed by atoms with Crippen LogP contribution in [0.3, 0.4) is 0 Å². The third-order valence-electron chi connectivity index (χ3n) is 10.9.